The van der Waals surface area contributed by atoms with Gasteiger partial charge in [0.15, 0.2) is 0 Å². The van der Waals surface area contributed by atoms with Crippen molar-refractivity contribution in [2.45, 2.75) is 70.3 Å². The monoisotopic (exact) mass is 311 g/mol. The van der Waals surface area contributed by atoms with Crippen LogP contribution in [0.5, 0.6) is 0 Å². The minimum Gasteiger partial charge on any atom is -0.479 e. The summed E-state index contributed by atoms with van der Waals surface area (Å²) in [4.78, 5) is 24.5. The van der Waals surface area contributed by atoms with Gasteiger partial charge in [-0.3, -0.25) is 4.79 Å². The van der Waals surface area contributed by atoms with Crippen LogP contribution in [0.2, 0.25) is 0 Å². The number of carboxylic acid groups (broad SMARTS) is 1. The number of hydrogen-bond donors (Lipinski definition) is 2. The van der Waals surface area contributed by atoms with Crippen molar-refractivity contribution >= 4 is 11.9 Å². The molecule has 3 rings (SSSR count). The molecule has 0 aromatic heterocycles. The second-order valence-electron chi connectivity index (χ2n) is 7.29. The molecule has 3 fully saturated rings. The van der Waals surface area contributed by atoms with E-state index >= 15 is 0 Å². The maximum Gasteiger partial charge on any atom is 0.330 e. The van der Waals surface area contributed by atoms with Crippen LogP contribution in [-0.4, -0.2) is 47.4 Å². The summed E-state index contributed by atoms with van der Waals surface area (Å²) >= 11 is 0. The third kappa shape index (κ3) is 2.07. The van der Waals surface area contributed by atoms with Crippen LogP contribution in [0.15, 0.2) is 0 Å². The molecule has 2 N–H and O–H groups in total. The van der Waals surface area contributed by atoms with Gasteiger partial charge in [-0.1, -0.05) is 13.8 Å². The second-order valence-corrected chi connectivity index (χ2v) is 7.29. The van der Waals surface area contributed by atoms with E-state index < -0.39 is 16.9 Å². The van der Waals surface area contributed by atoms with Crippen LogP contribution in [0.25, 0.3) is 0 Å². The van der Waals surface area contributed by atoms with Crippen molar-refractivity contribution in [1.82, 2.24) is 5.32 Å². The van der Waals surface area contributed by atoms with Crippen LogP contribution in [-0.2, 0) is 19.1 Å². The van der Waals surface area contributed by atoms with E-state index in [1.165, 1.54) is 0 Å². The predicted octanol–water partition coefficient (Wildman–Crippen LogP) is 1.33. The van der Waals surface area contributed by atoms with Crippen molar-refractivity contribution in [2.24, 2.45) is 11.3 Å². The Kier molecular flexibility index (Phi) is 3.72. The van der Waals surface area contributed by atoms with Crippen molar-refractivity contribution in [3.8, 4) is 0 Å². The largest absolute Gasteiger partial charge is 0.479 e. The van der Waals surface area contributed by atoms with Crippen LogP contribution in [0.1, 0.15) is 46.5 Å². The lowest BCUT2D eigenvalue weighted by Gasteiger charge is -2.58. The molecule has 6 heteroatoms. The van der Waals surface area contributed by atoms with Crippen LogP contribution >= 0.6 is 0 Å². The van der Waals surface area contributed by atoms with Crippen molar-refractivity contribution in [3.63, 3.8) is 0 Å². The molecule has 2 saturated heterocycles. The Morgan fingerprint density at radius 3 is 2.55 bits per heavy atom. The molecule has 2 aliphatic heterocycles. The molecular weight excluding hydrogens is 286 g/mol. The molecule has 3 aliphatic rings. The normalized spacial score (nSPS) is 42.0. The van der Waals surface area contributed by atoms with Crippen LogP contribution in [0, 0.1) is 11.3 Å². The SMILES string of the molecule is CCO[C@@H]1C[C@](NC(=O)[C@H]2C[C@H]3CC[C@H]2O3)(C(=O)O)C1(C)C. The first-order chi connectivity index (χ1) is 10.3. The summed E-state index contributed by atoms with van der Waals surface area (Å²) in [6.07, 6.45) is 2.92. The predicted molar refractivity (Wildman–Crippen MR) is 78.3 cm³/mol. The van der Waals surface area contributed by atoms with Crippen LogP contribution in [0.3, 0.4) is 0 Å². The molecule has 5 atom stereocenters. The number of nitrogens with one attached hydrogen (secondary N) is 1. The average molecular weight is 311 g/mol. The highest BCUT2D eigenvalue weighted by Crippen LogP contribution is 2.52. The number of carbonyl (C=O) groups excluding carboxylic acids is 1. The summed E-state index contributed by atoms with van der Waals surface area (Å²) in [6, 6.07) is 0. The molecule has 2 bridgehead atoms. The summed E-state index contributed by atoms with van der Waals surface area (Å²) < 4.78 is 11.3. The molecule has 2 heterocycles. The molecule has 1 saturated carbocycles. The lowest BCUT2D eigenvalue weighted by molar-refractivity contribution is -0.195. The zero-order valence-electron chi connectivity index (χ0n) is 13.4. The fourth-order valence-electron chi connectivity index (χ4n) is 4.25. The first-order valence-corrected chi connectivity index (χ1v) is 8.14. The summed E-state index contributed by atoms with van der Waals surface area (Å²) in [5.74, 6) is -1.37. The minimum atomic E-state index is -1.24. The van der Waals surface area contributed by atoms with Gasteiger partial charge >= 0.3 is 5.97 Å². The zero-order chi connectivity index (χ0) is 16.1. The van der Waals surface area contributed by atoms with Crippen molar-refractivity contribution < 1.29 is 24.2 Å². The van der Waals surface area contributed by atoms with Gasteiger partial charge in [-0.15, -0.1) is 0 Å². The van der Waals surface area contributed by atoms with E-state index in [4.69, 9.17) is 9.47 Å². The van der Waals surface area contributed by atoms with Gasteiger partial charge < -0.3 is 19.9 Å². The van der Waals surface area contributed by atoms with Crippen LogP contribution in [0.4, 0.5) is 0 Å². The first kappa shape index (κ1) is 15.7. The van der Waals surface area contributed by atoms with E-state index in [0.717, 1.165) is 12.8 Å². The van der Waals surface area contributed by atoms with Gasteiger partial charge in [-0.25, -0.2) is 4.79 Å². The number of carbonyl (C=O) groups is 2. The minimum absolute atomic E-state index is 0.0401. The van der Waals surface area contributed by atoms with E-state index in [1.807, 2.05) is 20.8 Å². The lowest BCUT2D eigenvalue weighted by Crippen LogP contribution is -2.76. The molecule has 6 nitrogen and oxygen atoms in total. The van der Waals surface area contributed by atoms with Crippen molar-refractivity contribution in [1.29, 1.82) is 0 Å². The molecule has 0 spiro atoms. The van der Waals surface area contributed by atoms with Crippen molar-refractivity contribution in [2.75, 3.05) is 6.61 Å². The Bertz CT molecular complexity index is 491. The van der Waals surface area contributed by atoms with E-state index in [0.29, 0.717) is 19.4 Å². The lowest BCUT2D eigenvalue weighted by atomic mass is 9.54. The number of aliphatic carboxylic acids is 1. The molecule has 0 radical (unpaired) electrons. The maximum atomic E-state index is 12.6. The topological polar surface area (TPSA) is 84.9 Å². The van der Waals surface area contributed by atoms with Crippen molar-refractivity contribution in [3.05, 3.63) is 0 Å². The average Bonchev–Trinajstić information content (AvgIpc) is 3.08. The number of hydrogen-bond acceptors (Lipinski definition) is 4. The Hall–Kier alpha value is -1.14. The maximum absolute atomic E-state index is 12.6. The van der Waals surface area contributed by atoms with Gasteiger partial charge in [-0.2, -0.15) is 0 Å². The number of rotatable bonds is 5. The van der Waals surface area contributed by atoms with Gasteiger partial charge in [0.05, 0.1) is 24.2 Å². The summed E-state index contributed by atoms with van der Waals surface area (Å²) in [6.45, 7) is 6.13. The fraction of sp³-hybridized carbons (Fsp3) is 0.875. The number of carboxylic acids is 1. The standard InChI is InChI=1S/C16H25NO5/c1-4-21-12-8-16(14(19)20,15(12,2)3)17-13(18)10-7-9-5-6-11(10)22-9/h9-12H,4-8H2,1-3H3,(H,17,18)(H,19,20)/t9-,10+,11-,12-,16+/m1/s1. The van der Waals surface area contributed by atoms with E-state index in [9.17, 15) is 14.7 Å². The first-order valence-electron chi connectivity index (χ1n) is 8.14. The Morgan fingerprint density at radius 1 is 1.36 bits per heavy atom. The number of fused-ring (bicyclic) bond motifs is 2. The molecule has 1 aliphatic carbocycles. The highest BCUT2D eigenvalue weighted by atomic mass is 16.5. The zero-order valence-corrected chi connectivity index (χ0v) is 13.4. The summed E-state index contributed by atoms with van der Waals surface area (Å²) in [5.41, 5.74) is -1.88. The Morgan fingerprint density at radius 2 is 2.09 bits per heavy atom. The second kappa shape index (κ2) is 5.20. The van der Waals surface area contributed by atoms with Gasteiger partial charge in [0.1, 0.15) is 5.54 Å². The smallest absolute Gasteiger partial charge is 0.330 e. The summed E-state index contributed by atoms with van der Waals surface area (Å²) in [5, 5.41) is 12.6. The van der Waals surface area contributed by atoms with Gasteiger partial charge in [0, 0.05) is 18.4 Å². The van der Waals surface area contributed by atoms with E-state index in [1.54, 1.807) is 0 Å². The molecule has 0 unspecified atom stereocenters. The molecule has 124 valence electrons. The molecule has 0 aromatic carbocycles. The molecule has 0 aromatic rings. The van der Waals surface area contributed by atoms with E-state index in [2.05, 4.69) is 5.32 Å². The Labute approximate surface area is 130 Å². The Balaban J connectivity index is 1.73. The number of amides is 1. The van der Waals surface area contributed by atoms with E-state index in [-0.39, 0.29) is 30.1 Å². The van der Waals surface area contributed by atoms with Gasteiger partial charge in [0.2, 0.25) is 5.91 Å². The third-order valence-electron chi connectivity index (χ3n) is 5.91. The van der Waals surface area contributed by atoms with Gasteiger partial charge in [-0.05, 0) is 26.2 Å². The quantitative estimate of drug-likeness (QED) is 0.800. The molecular formula is C16H25NO5. The molecule has 1 amide bonds. The highest BCUT2D eigenvalue weighted by Gasteiger charge is 2.67. The molecule has 22 heavy (non-hydrogen) atoms. The fourth-order valence-corrected chi connectivity index (χ4v) is 4.25. The van der Waals surface area contributed by atoms with Gasteiger partial charge in [0.25, 0.3) is 0 Å². The summed E-state index contributed by atoms with van der Waals surface area (Å²) in [7, 11) is 0. The van der Waals surface area contributed by atoms with Crippen LogP contribution < -0.4 is 5.32 Å². The number of ether oxygens (including phenoxy) is 2. The third-order valence-corrected chi connectivity index (χ3v) is 5.91. The highest BCUT2D eigenvalue weighted by molar-refractivity contribution is 5.90.